The second-order valence-electron chi connectivity index (χ2n) is 10.2. The lowest BCUT2D eigenvalue weighted by atomic mass is 9.91. The molecule has 0 unspecified atom stereocenters. The van der Waals surface area contributed by atoms with Gasteiger partial charge in [-0.05, 0) is 42.7 Å². The summed E-state index contributed by atoms with van der Waals surface area (Å²) in [7, 11) is 1.53. The average molecular weight is 490 g/mol. The number of halogens is 3. The third-order valence-corrected chi connectivity index (χ3v) is 6.09. The van der Waals surface area contributed by atoms with Crippen molar-refractivity contribution in [2.24, 2.45) is 10.4 Å². The minimum Gasteiger partial charge on any atom is -0.497 e. The maximum atomic E-state index is 13.4. The van der Waals surface area contributed by atoms with Crippen molar-refractivity contribution in [1.82, 2.24) is 9.80 Å². The Kier molecular flexibility index (Phi) is 6.46. The van der Waals surface area contributed by atoms with Gasteiger partial charge in [-0.3, -0.25) is 4.79 Å². The molecule has 6 nitrogen and oxygen atoms in total. The SMILES string of the molecule is COc1ccc2c(c1)Oc1ccc(C(F)(F)F)cc1N=C2N1CCN(C(=O)CC(C)(C)C)[C@@H](C)C1. The summed E-state index contributed by atoms with van der Waals surface area (Å²) in [6.07, 6.45) is -4.05. The number of nitrogens with zero attached hydrogens (tertiary/aromatic N) is 3. The number of ether oxygens (including phenoxy) is 2. The number of methoxy groups -OCH3 is 1. The van der Waals surface area contributed by atoms with E-state index in [1.54, 1.807) is 18.2 Å². The first kappa shape index (κ1) is 24.9. The number of hydrogen-bond donors (Lipinski definition) is 0. The number of amidine groups is 1. The topological polar surface area (TPSA) is 54.4 Å². The molecule has 1 saturated heterocycles. The number of benzene rings is 2. The third kappa shape index (κ3) is 5.39. The normalized spacial score (nSPS) is 18.2. The lowest BCUT2D eigenvalue weighted by Crippen LogP contribution is -2.56. The van der Waals surface area contributed by atoms with Crippen molar-refractivity contribution in [2.45, 2.75) is 46.3 Å². The fraction of sp³-hybridized carbons (Fsp3) is 0.462. The number of carbonyl (C=O) groups is 1. The molecule has 4 rings (SSSR count). The highest BCUT2D eigenvalue weighted by Crippen LogP contribution is 2.43. The molecule has 1 atom stereocenters. The number of fused-ring (bicyclic) bond motifs is 2. The van der Waals surface area contributed by atoms with Crippen LogP contribution in [0.15, 0.2) is 41.4 Å². The number of amides is 1. The van der Waals surface area contributed by atoms with Crippen molar-refractivity contribution in [3.63, 3.8) is 0 Å². The van der Waals surface area contributed by atoms with Gasteiger partial charge < -0.3 is 19.3 Å². The van der Waals surface area contributed by atoms with Gasteiger partial charge >= 0.3 is 6.18 Å². The Balaban J connectivity index is 1.71. The molecule has 0 aromatic heterocycles. The van der Waals surface area contributed by atoms with Crippen molar-refractivity contribution in [1.29, 1.82) is 0 Å². The quantitative estimate of drug-likeness (QED) is 0.530. The van der Waals surface area contributed by atoms with E-state index in [1.807, 2.05) is 37.5 Å². The zero-order valence-electron chi connectivity index (χ0n) is 20.6. The molecule has 2 aliphatic heterocycles. The summed E-state index contributed by atoms with van der Waals surface area (Å²) in [6.45, 7) is 9.56. The van der Waals surface area contributed by atoms with E-state index in [1.165, 1.54) is 13.2 Å². The number of rotatable bonds is 2. The molecule has 35 heavy (non-hydrogen) atoms. The van der Waals surface area contributed by atoms with E-state index in [2.05, 4.69) is 4.99 Å². The molecule has 0 bridgehead atoms. The summed E-state index contributed by atoms with van der Waals surface area (Å²) < 4.78 is 51.6. The monoisotopic (exact) mass is 489 g/mol. The number of hydrogen-bond acceptors (Lipinski definition) is 5. The maximum absolute atomic E-state index is 13.4. The van der Waals surface area contributed by atoms with Gasteiger partial charge in [-0.2, -0.15) is 13.2 Å². The van der Waals surface area contributed by atoms with Crippen LogP contribution in [0.5, 0.6) is 17.2 Å². The molecule has 0 aliphatic carbocycles. The molecular formula is C26H30F3N3O3. The smallest absolute Gasteiger partial charge is 0.416 e. The molecule has 188 valence electrons. The Morgan fingerprint density at radius 2 is 1.86 bits per heavy atom. The fourth-order valence-electron chi connectivity index (χ4n) is 4.38. The Labute approximate surface area is 203 Å². The van der Waals surface area contributed by atoms with Crippen LogP contribution in [-0.4, -0.2) is 54.3 Å². The van der Waals surface area contributed by atoms with Crippen LogP contribution in [0.4, 0.5) is 18.9 Å². The zero-order chi connectivity index (χ0) is 25.5. The second-order valence-corrected chi connectivity index (χ2v) is 10.2. The Hall–Kier alpha value is -3.23. The Bertz CT molecular complexity index is 1150. The fourth-order valence-corrected chi connectivity index (χ4v) is 4.38. The van der Waals surface area contributed by atoms with Gasteiger partial charge in [0.05, 0.1) is 18.2 Å². The highest BCUT2D eigenvalue weighted by atomic mass is 19.4. The number of carbonyl (C=O) groups excluding carboxylic acids is 1. The van der Waals surface area contributed by atoms with Gasteiger partial charge in [-0.1, -0.05) is 20.8 Å². The van der Waals surface area contributed by atoms with Crippen LogP contribution in [0, 0.1) is 5.41 Å². The molecule has 1 fully saturated rings. The average Bonchev–Trinajstić information content (AvgIpc) is 2.92. The highest BCUT2D eigenvalue weighted by Gasteiger charge is 2.35. The zero-order valence-corrected chi connectivity index (χ0v) is 20.6. The van der Waals surface area contributed by atoms with Crippen LogP contribution in [-0.2, 0) is 11.0 Å². The Morgan fingerprint density at radius 3 is 2.49 bits per heavy atom. The van der Waals surface area contributed by atoms with E-state index in [0.29, 0.717) is 49.0 Å². The van der Waals surface area contributed by atoms with Crippen molar-refractivity contribution in [2.75, 3.05) is 26.7 Å². The minimum absolute atomic E-state index is 0.0897. The summed E-state index contributed by atoms with van der Waals surface area (Å²) in [6, 6.07) is 8.45. The first-order valence-corrected chi connectivity index (χ1v) is 11.6. The third-order valence-electron chi connectivity index (χ3n) is 6.09. The van der Waals surface area contributed by atoms with E-state index < -0.39 is 11.7 Å². The highest BCUT2D eigenvalue weighted by molar-refractivity contribution is 6.04. The van der Waals surface area contributed by atoms with Gasteiger partial charge in [0.1, 0.15) is 23.0 Å². The predicted octanol–water partition coefficient (Wildman–Crippen LogP) is 5.87. The number of aliphatic imine (C=N–C) groups is 1. The predicted molar refractivity (Wildman–Crippen MR) is 128 cm³/mol. The van der Waals surface area contributed by atoms with Gasteiger partial charge in [0.2, 0.25) is 5.91 Å². The molecule has 2 aromatic carbocycles. The van der Waals surface area contributed by atoms with Gasteiger partial charge in [0, 0.05) is 38.2 Å². The molecule has 1 amide bonds. The van der Waals surface area contributed by atoms with Crippen LogP contribution in [0.1, 0.15) is 45.2 Å². The molecular weight excluding hydrogens is 459 g/mol. The minimum atomic E-state index is -4.50. The van der Waals surface area contributed by atoms with E-state index in [4.69, 9.17) is 9.47 Å². The van der Waals surface area contributed by atoms with E-state index in [-0.39, 0.29) is 28.8 Å². The molecule has 2 aromatic rings. The van der Waals surface area contributed by atoms with Crippen molar-refractivity contribution < 1.29 is 27.4 Å². The van der Waals surface area contributed by atoms with Gasteiger partial charge in [0.15, 0.2) is 5.75 Å². The molecule has 0 radical (unpaired) electrons. The number of alkyl halides is 3. The standard InChI is InChI=1S/C26H30F3N3O3/c1-16-15-31(10-11-32(16)23(33)14-25(2,3)4)24-19-8-7-18(34-5)13-22(19)35-21-9-6-17(26(27,28)29)12-20(21)30-24/h6-9,12-13,16H,10-11,14-15H2,1-5H3/t16-/m0/s1. The molecule has 0 saturated carbocycles. The van der Waals surface area contributed by atoms with E-state index >= 15 is 0 Å². The summed E-state index contributed by atoms with van der Waals surface area (Å²) in [5, 5.41) is 0. The van der Waals surface area contributed by atoms with Crippen LogP contribution in [0.3, 0.4) is 0 Å². The first-order chi connectivity index (χ1) is 16.4. The summed E-state index contributed by atoms with van der Waals surface area (Å²) in [5.41, 5.74) is -0.160. The van der Waals surface area contributed by atoms with Crippen molar-refractivity contribution in [3.05, 3.63) is 47.5 Å². The van der Waals surface area contributed by atoms with Crippen molar-refractivity contribution in [3.8, 4) is 17.2 Å². The molecule has 0 spiro atoms. The lowest BCUT2D eigenvalue weighted by molar-refractivity contribution is -0.138. The Morgan fingerprint density at radius 1 is 1.11 bits per heavy atom. The van der Waals surface area contributed by atoms with Crippen LogP contribution >= 0.6 is 0 Å². The first-order valence-electron chi connectivity index (χ1n) is 11.6. The van der Waals surface area contributed by atoms with Gasteiger partial charge in [-0.15, -0.1) is 0 Å². The lowest BCUT2D eigenvalue weighted by Gasteiger charge is -2.42. The number of piperazine rings is 1. The second kappa shape index (κ2) is 9.09. The van der Waals surface area contributed by atoms with Crippen molar-refractivity contribution >= 4 is 17.4 Å². The van der Waals surface area contributed by atoms with E-state index in [9.17, 15) is 18.0 Å². The van der Waals surface area contributed by atoms with Crippen LogP contribution in [0.2, 0.25) is 0 Å². The summed E-state index contributed by atoms with van der Waals surface area (Å²) >= 11 is 0. The van der Waals surface area contributed by atoms with Gasteiger partial charge in [0.25, 0.3) is 0 Å². The molecule has 0 N–H and O–H groups in total. The van der Waals surface area contributed by atoms with Crippen LogP contribution < -0.4 is 9.47 Å². The molecule has 9 heteroatoms. The summed E-state index contributed by atoms with van der Waals surface area (Å²) in [5.74, 6) is 1.84. The maximum Gasteiger partial charge on any atom is 0.416 e. The molecule has 2 aliphatic rings. The molecule has 2 heterocycles. The van der Waals surface area contributed by atoms with E-state index in [0.717, 1.165) is 12.1 Å². The summed E-state index contributed by atoms with van der Waals surface area (Å²) in [4.78, 5) is 21.4. The van der Waals surface area contributed by atoms with Crippen LogP contribution in [0.25, 0.3) is 0 Å². The largest absolute Gasteiger partial charge is 0.497 e. The van der Waals surface area contributed by atoms with Gasteiger partial charge in [-0.25, -0.2) is 4.99 Å².